The highest BCUT2D eigenvalue weighted by Gasteiger charge is 2.40. The maximum atomic E-state index is 10.00. The first-order valence-corrected chi connectivity index (χ1v) is 7.74. The van der Waals surface area contributed by atoms with E-state index < -0.39 is 0 Å². The highest BCUT2D eigenvalue weighted by Crippen LogP contribution is 2.42. The Morgan fingerprint density at radius 2 is 1.90 bits per heavy atom. The van der Waals surface area contributed by atoms with Crippen LogP contribution in [-0.2, 0) is 0 Å². The van der Waals surface area contributed by atoms with Gasteiger partial charge in [-0.25, -0.2) is 0 Å². The molecular formula is C17H21N3O. The maximum absolute atomic E-state index is 10.00. The van der Waals surface area contributed by atoms with E-state index in [2.05, 4.69) is 22.0 Å². The van der Waals surface area contributed by atoms with Gasteiger partial charge in [-0.3, -0.25) is 4.98 Å². The van der Waals surface area contributed by atoms with Crippen molar-refractivity contribution in [1.29, 1.82) is 0 Å². The highest BCUT2D eigenvalue weighted by molar-refractivity contribution is 6.01. The summed E-state index contributed by atoms with van der Waals surface area (Å²) in [7, 11) is 0. The fraction of sp³-hybridized carbons (Fsp3) is 0.471. The summed E-state index contributed by atoms with van der Waals surface area (Å²) >= 11 is 0. The van der Waals surface area contributed by atoms with Crippen LogP contribution >= 0.6 is 0 Å². The van der Waals surface area contributed by atoms with Gasteiger partial charge in [0.05, 0.1) is 6.10 Å². The van der Waals surface area contributed by atoms with Crippen LogP contribution in [0.4, 0.5) is 11.4 Å². The number of aromatic nitrogens is 1. The Bertz CT molecular complexity index is 686. The summed E-state index contributed by atoms with van der Waals surface area (Å²) < 4.78 is 0. The normalized spacial score (nSPS) is 28.3. The van der Waals surface area contributed by atoms with E-state index in [1.807, 2.05) is 19.2 Å². The Labute approximate surface area is 124 Å². The summed E-state index contributed by atoms with van der Waals surface area (Å²) in [4.78, 5) is 6.90. The Morgan fingerprint density at radius 3 is 2.62 bits per heavy atom. The van der Waals surface area contributed by atoms with Crippen LogP contribution in [0.5, 0.6) is 0 Å². The van der Waals surface area contributed by atoms with E-state index in [9.17, 15) is 5.11 Å². The highest BCUT2D eigenvalue weighted by atomic mass is 16.3. The lowest BCUT2D eigenvalue weighted by atomic mass is 9.97. The van der Waals surface area contributed by atoms with E-state index in [0.29, 0.717) is 12.1 Å². The largest absolute Gasteiger partial charge is 0.398 e. The van der Waals surface area contributed by atoms with Crippen molar-refractivity contribution in [2.45, 2.75) is 50.8 Å². The SMILES string of the molecule is Cc1cc2c(N3C4CCC3CC(O)C4)ccc(N)c2cn1. The third kappa shape index (κ3) is 1.97. The summed E-state index contributed by atoms with van der Waals surface area (Å²) in [5, 5.41) is 12.2. The number of anilines is 2. The van der Waals surface area contributed by atoms with E-state index in [1.165, 1.54) is 23.9 Å². The van der Waals surface area contributed by atoms with Crippen LogP contribution in [0, 0.1) is 6.92 Å². The van der Waals surface area contributed by atoms with Gasteiger partial charge in [-0.15, -0.1) is 0 Å². The van der Waals surface area contributed by atoms with Gasteiger partial charge >= 0.3 is 0 Å². The lowest BCUT2D eigenvalue weighted by Gasteiger charge is -2.39. The molecule has 2 atom stereocenters. The molecule has 2 aromatic rings. The summed E-state index contributed by atoms with van der Waals surface area (Å²) in [5.41, 5.74) is 9.16. The number of piperidine rings is 1. The molecule has 1 aromatic heterocycles. The lowest BCUT2D eigenvalue weighted by molar-refractivity contribution is 0.126. The number of benzene rings is 1. The van der Waals surface area contributed by atoms with E-state index >= 15 is 0 Å². The lowest BCUT2D eigenvalue weighted by Crippen LogP contribution is -2.44. The van der Waals surface area contributed by atoms with Crippen LogP contribution in [0.15, 0.2) is 24.4 Å². The average Bonchev–Trinajstić information content (AvgIpc) is 2.71. The molecule has 110 valence electrons. The molecule has 4 heteroatoms. The quantitative estimate of drug-likeness (QED) is 0.790. The van der Waals surface area contributed by atoms with Crippen molar-refractivity contribution >= 4 is 22.1 Å². The molecule has 2 fully saturated rings. The molecule has 3 N–H and O–H groups in total. The Kier molecular flexibility index (Phi) is 2.82. The topological polar surface area (TPSA) is 62.4 Å². The number of fused-ring (bicyclic) bond motifs is 3. The van der Waals surface area contributed by atoms with Crippen LogP contribution in [0.1, 0.15) is 31.4 Å². The molecule has 2 saturated heterocycles. The number of hydrogen-bond donors (Lipinski definition) is 2. The third-order valence-electron chi connectivity index (χ3n) is 5.03. The maximum Gasteiger partial charge on any atom is 0.0579 e. The van der Waals surface area contributed by atoms with Gasteiger partial charge < -0.3 is 15.7 Å². The van der Waals surface area contributed by atoms with Gasteiger partial charge in [0.15, 0.2) is 0 Å². The molecular weight excluding hydrogens is 262 g/mol. The summed E-state index contributed by atoms with van der Waals surface area (Å²) in [6.45, 7) is 2.01. The van der Waals surface area contributed by atoms with Gasteiger partial charge in [0.2, 0.25) is 0 Å². The van der Waals surface area contributed by atoms with Gasteiger partial charge in [0.25, 0.3) is 0 Å². The molecule has 0 radical (unpaired) electrons. The van der Waals surface area contributed by atoms with Gasteiger partial charge in [-0.1, -0.05) is 0 Å². The molecule has 2 aliphatic heterocycles. The van der Waals surface area contributed by atoms with Crippen molar-refractivity contribution in [2.24, 2.45) is 0 Å². The second-order valence-corrected chi connectivity index (χ2v) is 6.46. The first-order chi connectivity index (χ1) is 10.1. The second kappa shape index (κ2) is 4.60. The zero-order valence-corrected chi connectivity index (χ0v) is 12.3. The average molecular weight is 283 g/mol. The number of rotatable bonds is 1. The Balaban J connectivity index is 1.88. The van der Waals surface area contributed by atoms with Crippen LogP contribution in [0.2, 0.25) is 0 Å². The molecule has 0 aliphatic carbocycles. The van der Waals surface area contributed by atoms with E-state index in [-0.39, 0.29) is 6.10 Å². The van der Waals surface area contributed by atoms with Crippen LogP contribution in [-0.4, -0.2) is 28.3 Å². The minimum Gasteiger partial charge on any atom is -0.398 e. The van der Waals surface area contributed by atoms with Crippen molar-refractivity contribution in [3.05, 3.63) is 30.1 Å². The fourth-order valence-electron chi connectivity index (χ4n) is 4.12. The van der Waals surface area contributed by atoms with Crippen molar-refractivity contribution in [3.63, 3.8) is 0 Å². The molecule has 3 heterocycles. The Hall–Kier alpha value is -1.81. The molecule has 2 unspecified atom stereocenters. The number of pyridine rings is 1. The van der Waals surface area contributed by atoms with Crippen molar-refractivity contribution in [3.8, 4) is 0 Å². The standard InChI is InChI=1S/C17H21N3O/c1-10-6-14-15(9-19-10)16(18)4-5-17(14)20-11-2-3-12(20)8-13(21)7-11/h4-6,9,11-13,21H,2-3,7-8,18H2,1H3. The first kappa shape index (κ1) is 12.9. The third-order valence-corrected chi connectivity index (χ3v) is 5.03. The van der Waals surface area contributed by atoms with Crippen LogP contribution < -0.4 is 10.6 Å². The van der Waals surface area contributed by atoms with Gasteiger partial charge in [0.1, 0.15) is 0 Å². The predicted molar refractivity (Wildman–Crippen MR) is 85.4 cm³/mol. The molecule has 0 spiro atoms. The summed E-state index contributed by atoms with van der Waals surface area (Å²) in [6.07, 6.45) is 5.86. The number of aliphatic hydroxyl groups excluding tert-OH is 1. The summed E-state index contributed by atoms with van der Waals surface area (Å²) in [6, 6.07) is 7.17. The van der Waals surface area contributed by atoms with Crippen molar-refractivity contribution in [1.82, 2.24) is 4.98 Å². The minimum absolute atomic E-state index is 0.137. The predicted octanol–water partition coefficient (Wildman–Crippen LogP) is 2.62. The zero-order valence-electron chi connectivity index (χ0n) is 12.3. The monoisotopic (exact) mass is 283 g/mol. The van der Waals surface area contributed by atoms with E-state index in [0.717, 1.165) is 29.6 Å². The van der Waals surface area contributed by atoms with Crippen LogP contribution in [0.3, 0.4) is 0 Å². The van der Waals surface area contributed by atoms with Crippen molar-refractivity contribution < 1.29 is 5.11 Å². The Morgan fingerprint density at radius 1 is 1.19 bits per heavy atom. The van der Waals surface area contributed by atoms with Crippen LogP contribution in [0.25, 0.3) is 10.8 Å². The minimum atomic E-state index is -0.137. The number of hydrogen-bond acceptors (Lipinski definition) is 4. The summed E-state index contributed by atoms with van der Waals surface area (Å²) in [5.74, 6) is 0. The van der Waals surface area contributed by atoms with Gasteiger partial charge in [0, 0.05) is 46.1 Å². The zero-order chi connectivity index (χ0) is 14.6. The van der Waals surface area contributed by atoms with Gasteiger partial charge in [-0.2, -0.15) is 0 Å². The number of nitrogens with zero attached hydrogens (tertiary/aromatic N) is 2. The van der Waals surface area contributed by atoms with Crippen molar-refractivity contribution in [2.75, 3.05) is 10.6 Å². The van der Waals surface area contributed by atoms with Gasteiger partial charge in [-0.05, 0) is 50.8 Å². The first-order valence-electron chi connectivity index (χ1n) is 7.74. The fourth-order valence-corrected chi connectivity index (χ4v) is 4.12. The smallest absolute Gasteiger partial charge is 0.0579 e. The molecule has 4 rings (SSSR count). The number of nitrogens with two attached hydrogens (primary N) is 1. The number of nitrogen functional groups attached to an aromatic ring is 1. The number of aryl methyl sites for hydroxylation is 1. The molecule has 4 nitrogen and oxygen atoms in total. The molecule has 2 bridgehead atoms. The van der Waals surface area contributed by atoms with E-state index in [1.54, 1.807) is 0 Å². The van der Waals surface area contributed by atoms with E-state index in [4.69, 9.17) is 5.73 Å². The molecule has 21 heavy (non-hydrogen) atoms. The second-order valence-electron chi connectivity index (χ2n) is 6.46. The molecule has 2 aliphatic rings. The number of aliphatic hydroxyl groups is 1. The molecule has 0 saturated carbocycles. The molecule has 1 aromatic carbocycles. The molecule has 0 amide bonds.